The Kier molecular flexibility index (Phi) is 4.99. The van der Waals surface area contributed by atoms with Crippen LogP contribution in [-0.4, -0.2) is 15.9 Å². The number of carbonyl (C=O) groups is 1. The number of aromatic nitrogens is 2. The number of fused-ring (bicyclic) bond motifs is 2. The molecule has 0 radical (unpaired) electrons. The van der Waals surface area contributed by atoms with Crippen molar-refractivity contribution in [3.05, 3.63) is 71.4 Å². The molecule has 3 aromatic rings. The lowest BCUT2D eigenvalue weighted by Crippen LogP contribution is -2.15. The second-order valence-corrected chi connectivity index (χ2v) is 8.69. The van der Waals surface area contributed by atoms with Crippen LogP contribution in [0.3, 0.4) is 0 Å². The number of anilines is 1. The van der Waals surface area contributed by atoms with E-state index < -0.39 is 0 Å². The minimum atomic E-state index is -0.238. The van der Waals surface area contributed by atoms with E-state index in [9.17, 15) is 9.18 Å². The van der Waals surface area contributed by atoms with Gasteiger partial charge in [0.05, 0.1) is 17.4 Å². The van der Waals surface area contributed by atoms with Gasteiger partial charge in [0.25, 0.3) is 0 Å². The van der Waals surface area contributed by atoms with Gasteiger partial charge >= 0.3 is 0 Å². The Balaban J connectivity index is 1.26. The summed E-state index contributed by atoms with van der Waals surface area (Å²) in [4.78, 5) is 20.8. The number of nitrogens with zero attached hydrogens (tertiary/aromatic N) is 2. The second kappa shape index (κ2) is 7.80. The Morgan fingerprint density at radius 2 is 2.07 bits per heavy atom. The first kappa shape index (κ1) is 19.2. The van der Waals surface area contributed by atoms with Crippen molar-refractivity contribution in [2.75, 3.05) is 5.32 Å². The minimum Gasteiger partial charge on any atom is -0.325 e. The van der Waals surface area contributed by atoms with Crippen LogP contribution in [0, 0.1) is 23.6 Å². The van der Waals surface area contributed by atoms with E-state index in [1.165, 1.54) is 11.6 Å². The van der Waals surface area contributed by atoms with Crippen LogP contribution in [0.5, 0.6) is 0 Å². The number of allylic oxidation sites excluding steroid dienone is 2. The molecule has 1 fully saturated rings. The number of benzene rings is 1. The molecule has 30 heavy (non-hydrogen) atoms. The van der Waals surface area contributed by atoms with E-state index >= 15 is 0 Å². The van der Waals surface area contributed by atoms with Gasteiger partial charge in [0.1, 0.15) is 11.0 Å². The maximum atomic E-state index is 13.8. The van der Waals surface area contributed by atoms with Crippen molar-refractivity contribution in [2.24, 2.45) is 17.8 Å². The quantitative estimate of drug-likeness (QED) is 0.535. The molecule has 0 bridgehead atoms. The van der Waals surface area contributed by atoms with E-state index in [-0.39, 0.29) is 11.7 Å². The fourth-order valence-corrected chi connectivity index (χ4v) is 5.12. The average molecular weight is 422 g/mol. The second-order valence-electron chi connectivity index (χ2n) is 8.30. The van der Waals surface area contributed by atoms with Gasteiger partial charge in [-0.15, -0.1) is 0 Å². The van der Waals surface area contributed by atoms with Gasteiger partial charge in [0.2, 0.25) is 5.91 Å². The monoisotopic (exact) mass is 421 g/mol. The molecule has 152 valence electrons. The lowest BCUT2D eigenvalue weighted by atomic mass is 9.94. The van der Waals surface area contributed by atoms with Crippen LogP contribution >= 0.6 is 11.6 Å². The van der Waals surface area contributed by atoms with Crippen LogP contribution in [0.15, 0.2) is 54.9 Å². The summed E-state index contributed by atoms with van der Waals surface area (Å²) < 4.78 is 13.8. The van der Waals surface area contributed by atoms with Crippen LogP contribution in [0.2, 0.25) is 5.15 Å². The average Bonchev–Trinajstić information content (AvgIpc) is 3.27. The molecule has 6 heteroatoms. The number of hydrogen-bond acceptors (Lipinski definition) is 3. The van der Waals surface area contributed by atoms with Gasteiger partial charge < -0.3 is 5.32 Å². The van der Waals surface area contributed by atoms with Crippen molar-refractivity contribution in [3.63, 3.8) is 0 Å². The Hall–Kier alpha value is -2.79. The molecule has 2 heterocycles. The zero-order valence-corrected chi connectivity index (χ0v) is 17.1. The molecule has 1 aromatic carbocycles. The summed E-state index contributed by atoms with van der Waals surface area (Å²) in [5.74, 6) is 1.18. The molecular formula is C24H21ClFN3O. The van der Waals surface area contributed by atoms with Crippen molar-refractivity contribution < 1.29 is 9.18 Å². The lowest BCUT2D eigenvalue weighted by Gasteiger charge is -2.13. The summed E-state index contributed by atoms with van der Waals surface area (Å²) in [6.07, 6.45) is 9.24. The van der Waals surface area contributed by atoms with Crippen molar-refractivity contribution in [3.8, 4) is 0 Å². The van der Waals surface area contributed by atoms with Crippen molar-refractivity contribution in [2.45, 2.75) is 25.7 Å². The smallest absolute Gasteiger partial charge is 0.224 e. The lowest BCUT2D eigenvalue weighted by molar-refractivity contribution is -0.117. The highest BCUT2D eigenvalue weighted by molar-refractivity contribution is 6.29. The fraction of sp³-hybridized carbons (Fsp3) is 0.292. The molecule has 0 spiro atoms. The Bertz CT molecular complexity index is 1140. The highest BCUT2D eigenvalue weighted by Crippen LogP contribution is 2.49. The molecule has 2 aromatic heterocycles. The number of halogens is 2. The largest absolute Gasteiger partial charge is 0.325 e. The maximum Gasteiger partial charge on any atom is 0.224 e. The van der Waals surface area contributed by atoms with E-state index in [2.05, 4.69) is 21.4 Å². The van der Waals surface area contributed by atoms with Crippen LogP contribution in [-0.2, 0) is 4.79 Å². The molecule has 5 rings (SSSR count). The van der Waals surface area contributed by atoms with E-state index in [1.54, 1.807) is 36.7 Å². The van der Waals surface area contributed by atoms with Gasteiger partial charge in [-0.05, 0) is 84.6 Å². The number of carbonyl (C=O) groups excluding carboxylic acids is 1. The van der Waals surface area contributed by atoms with Crippen molar-refractivity contribution in [1.82, 2.24) is 9.97 Å². The number of pyridine rings is 2. The molecular weight excluding hydrogens is 401 g/mol. The predicted molar refractivity (Wildman–Crippen MR) is 116 cm³/mol. The van der Waals surface area contributed by atoms with E-state index in [4.69, 9.17) is 11.6 Å². The SMILES string of the molecule is O=C(C[C@@H]1C[C@@H]2CC(c3ccnc4ccc(F)cc34)=C[C@@H]2C1)Nc1ccc(Cl)nc1. The summed E-state index contributed by atoms with van der Waals surface area (Å²) in [6, 6.07) is 10.2. The van der Waals surface area contributed by atoms with Crippen molar-refractivity contribution >= 4 is 39.7 Å². The zero-order chi connectivity index (χ0) is 20.7. The van der Waals surface area contributed by atoms with E-state index in [0.29, 0.717) is 35.0 Å². The molecule has 1 N–H and O–H groups in total. The number of rotatable bonds is 4. The van der Waals surface area contributed by atoms with Gasteiger partial charge in [-0.25, -0.2) is 9.37 Å². The predicted octanol–water partition coefficient (Wildman–Crippen LogP) is 5.88. The summed E-state index contributed by atoms with van der Waals surface area (Å²) in [5, 5.41) is 4.18. The third-order valence-corrected chi connectivity index (χ3v) is 6.50. The Morgan fingerprint density at radius 3 is 2.87 bits per heavy atom. The molecule has 0 saturated heterocycles. The van der Waals surface area contributed by atoms with Crippen LogP contribution in [0.4, 0.5) is 10.1 Å². The van der Waals surface area contributed by atoms with Gasteiger partial charge in [-0.1, -0.05) is 17.7 Å². The summed E-state index contributed by atoms with van der Waals surface area (Å²) >= 11 is 5.78. The van der Waals surface area contributed by atoms with Gasteiger partial charge in [-0.2, -0.15) is 0 Å². The van der Waals surface area contributed by atoms with Gasteiger partial charge in [-0.3, -0.25) is 9.78 Å². The normalized spacial score (nSPS) is 22.7. The Morgan fingerprint density at radius 1 is 1.17 bits per heavy atom. The number of nitrogens with one attached hydrogen (secondary N) is 1. The van der Waals surface area contributed by atoms with E-state index in [1.807, 2.05) is 6.07 Å². The highest BCUT2D eigenvalue weighted by Gasteiger charge is 2.38. The first-order valence-corrected chi connectivity index (χ1v) is 10.6. The first-order chi connectivity index (χ1) is 14.5. The van der Waals surface area contributed by atoms with Crippen molar-refractivity contribution in [1.29, 1.82) is 0 Å². The third-order valence-electron chi connectivity index (χ3n) is 6.28. The molecule has 0 unspecified atom stereocenters. The molecule has 3 atom stereocenters. The topological polar surface area (TPSA) is 54.9 Å². The standard InChI is InChI=1S/C24H21ClFN3O/c25-23-4-2-19(13-28-23)29-24(30)9-14-7-15-10-17(11-16(15)8-14)20-5-6-27-22-3-1-18(26)12-21(20)22/h1-6,10,12-16H,7-9,11H2,(H,29,30)/t14-,15-,16+/m0/s1. The Labute approximate surface area is 179 Å². The number of hydrogen-bond donors (Lipinski definition) is 1. The van der Waals surface area contributed by atoms with Crippen LogP contribution in [0.25, 0.3) is 16.5 Å². The molecule has 0 aliphatic heterocycles. The van der Waals surface area contributed by atoms with Crippen LogP contribution < -0.4 is 5.32 Å². The highest BCUT2D eigenvalue weighted by atomic mass is 35.5. The summed E-state index contributed by atoms with van der Waals surface area (Å²) in [7, 11) is 0. The molecule has 1 saturated carbocycles. The van der Waals surface area contributed by atoms with Gasteiger partial charge in [0, 0.05) is 18.0 Å². The molecule has 2 aliphatic carbocycles. The minimum absolute atomic E-state index is 0.0175. The maximum absolute atomic E-state index is 13.8. The molecule has 4 nitrogen and oxygen atoms in total. The van der Waals surface area contributed by atoms with Crippen LogP contribution in [0.1, 0.15) is 31.2 Å². The number of amides is 1. The molecule has 2 aliphatic rings. The van der Waals surface area contributed by atoms with Gasteiger partial charge in [0.15, 0.2) is 0 Å². The molecule has 1 amide bonds. The third kappa shape index (κ3) is 3.82. The summed E-state index contributed by atoms with van der Waals surface area (Å²) in [5.41, 5.74) is 3.84. The fourth-order valence-electron chi connectivity index (χ4n) is 5.01. The van der Waals surface area contributed by atoms with E-state index in [0.717, 1.165) is 35.7 Å². The summed E-state index contributed by atoms with van der Waals surface area (Å²) in [6.45, 7) is 0. The first-order valence-electron chi connectivity index (χ1n) is 10.2. The zero-order valence-electron chi connectivity index (χ0n) is 16.3.